The Morgan fingerprint density at radius 3 is 2.71 bits per heavy atom. The number of ether oxygens (including phenoxy) is 1. The standard InChI is InChI=1S/C15H15F4N3O2/c1-9-11(16)5-10(14(23)24-2)6-12(9)21-7-13-20-3-4-22(13)8-15(17,18)19/h3-6,21H,7-8H2,1-2H3. The molecule has 1 heterocycles. The van der Waals surface area contributed by atoms with Crippen LogP contribution in [-0.4, -0.2) is 28.8 Å². The molecule has 0 saturated heterocycles. The summed E-state index contributed by atoms with van der Waals surface area (Å²) in [6.07, 6.45) is -1.91. The molecule has 0 radical (unpaired) electrons. The number of benzene rings is 1. The number of imidazole rings is 1. The number of methoxy groups -OCH3 is 1. The monoisotopic (exact) mass is 345 g/mol. The lowest BCUT2D eigenvalue weighted by atomic mass is 10.1. The molecule has 0 amide bonds. The van der Waals surface area contributed by atoms with Crippen LogP contribution in [-0.2, 0) is 17.8 Å². The number of aromatic nitrogens is 2. The zero-order valence-electron chi connectivity index (χ0n) is 12.9. The fourth-order valence-electron chi connectivity index (χ4n) is 2.12. The van der Waals surface area contributed by atoms with Crippen LogP contribution in [0.15, 0.2) is 24.5 Å². The molecule has 24 heavy (non-hydrogen) atoms. The SMILES string of the molecule is COC(=O)c1cc(F)c(C)c(NCc2nccn2CC(F)(F)F)c1. The average Bonchev–Trinajstić information content (AvgIpc) is 2.92. The van der Waals surface area contributed by atoms with E-state index in [4.69, 9.17) is 0 Å². The third-order valence-electron chi connectivity index (χ3n) is 3.35. The van der Waals surface area contributed by atoms with Crippen LogP contribution < -0.4 is 5.32 Å². The molecule has 2 aromatic rings. The smallest absolute Gasteiger partial charge is 0.406 e. The zero-order chi connectivity index (χ0) is 17.9. The number of rotatable bonds is 5. The van der Waals surface area contributed by atoms with E-state index in [2.05, 4.69) is 15.0 Å². The highest BCUT2D eigenvalue weighted by Crippen LogP contribution is 2.23. The van der Waals surface area contributed by atoms with Gasteiger partial charge in [-0.15, -0.1) is 0 Å². The second kappa shape index (κ2) is 6.90. The van der Waals surface area contributed by atoms with Crippen LogP contribution in [0.25, 0.3) is 0 Å². The van der Waals surface area contributed by atoms with Crippen LogP contribution in [0.2, 0.25) is 0 Å². The Hall–Kier alpha value is -2.58. The second-order valence-corrected chi connectivity index (χ2v) is 5.06. The third kappa shape index (κ3) is 4.24. The van der Waals surface area contributed by atoms with Gasteiger partial charge in [-0.25, -0.2) is 14.2 Å². The summed E-state index contributed by atoms with van der Waals surface area (Å²) in [4.78, 5) is 15.4. The molecule has 5 nitrogen and oxygen atoms in total. The Morgan fingerprint density at radius 1 is 1.38 bits per heavy atom. The Balaban J connectivity index is 2.19. The van der Waals surface area contributed by atoms with Crippen molar-refractivity contribution in [2.75, 3.05) is 12.4 Å². The van der Waals surface area contributed by atoms with E-state index in [1.807, 2.05) is 0 Å². The molecule has 0 saturated carbocycles. The molecule has 1 aromatic heterocycles. The molecule has 0 spiro atoms. The molecule has 0 atom stereocenters. The highest BCUT2D eigenvalue weighted by molar-refractivity contribution is 5.90. The average molecular weight is 345 g/mol. The van der Waals surface area contributed by atoms with Gasteiger partial charge in [0.15, 0.2) is 0 Å². The van der Waals surface area contributed by atoms with Crippen LogP contribution in [0.4, 0.5) is 23.2 Å². The van der Waals surface area contributed by atoms with Crippen molar-refractivity contribution in [1.82, 2.24) is 9.55 Å². The van der Waals surface area contributed by atoms with Gasteiger partial charge < -0.3 is 14.6 Å². The number of nitrogens with zero attached hydrogens (tertiary/aromatic N) is 2. The maximum atomic E-state index is 13.9. The van der Waals surface area contributed by atoms with Crippen molar-refractivity contribution in [3.8, 4) is 0 Å². The molecule has 0 aliphatic carbocycles. The Bertz CT molecular complexity index is 741. The molecular weight excluding hydrogens is 330 g/mol. The van der Waals surface area contributed by atoms with E-state index < -0.39 is 24.5 Å². The van der Waals surface area contributed by atoms with Gasteiger partial charge in [-0.05, 0) is 19.1 Å². The summed E-state index contributed by atoms with van der Waals surface area (Å²) < 4.78 is 56.8. The predicted molar refractivity (Wildman–Crippen MR) is 78.1 cm³/mol. The lowest BCUT2D eigenvalue weighted by Crippen LogP contribution is -2.20. The number of hydrogen-bond acceptors (Lipinski definition) is 4. The molecule has 1 N–H and O–H groups in total. The van der Waals surface area contributed by atoms with Crippen molar-refractivity contribution >= 4 is 11.7 Å². The van der Waals surface area contributed by atoms with E-state index in [0.717, 1.165) is 10.6 Å². The quantitative estimate of drug-likeness (QED) is 0.667. The maximum absolute atomic E-state index is 13.9. The summed E-state index contributed by atoms with van der Waals surface area (Å²) in [5, 5.41) is 2.80. The molecule has 2 rings (SSSR count). The highest BCUT2D eigenvalue weighted by Gasteiger charge is 2.28. The van der Waals surface area contributed by atoms with Crippen molar-refractivity contribution in [2.24, 2.45) is 0 Å². The van der Waals surface area contributed by atoms with Crippen molar-refractivity contribution in [3.63, 3.8) is 0 Å². The highest BCUT2D eigenvalue weighted by atomic mass is 19.4. The summed E-state index contributed by atoms with van der Waals surface area (Å²) in [6, 6.07) is 2.41. The molecular formula is C15H15F4N3O2. The van der Waals surface area contributed by atoms with Crippen molar-refractivity contribution in [2.45, 2.75) is 26.2 Å². The van der Waals surface area contributed by atoms with Gasteiger partial charge in [0.05, 0.1) is 19.2 Å². The van der Waals surface area contributed by atoms with Crippen molar-refractivity contribution in [1.29, 1.82) is 0 Å². The van der Waals surface area contributed by atoms with Gasteiger partial charge in [-0.2, -0.15) is 13.2 Å². The minimum Gasteiger partial charge on any atom is -0.465 e. The van der Waals surface area contributed by atoms with Gasteiger partial charge in [0.25, 0.3) is 0 Å². The van der Waals surface area contributed by atoms with E-state index in [9.17, 15) is 22.4 Å². The summed E-state index contributed by atoms with van der Waals surface area (Å²) >= 11 is 0. The second-order valence-electron chi connectivity index (χ2n) is 5.06. The molecule has 0 unspecified atom stereocenters. The van der Waals surface area contributed by atoms with Crippen LogP contribution in [0.1, 0.15) is 21.7 Å². The number of carbonyl (C=O) groups is 1. The molecule has 0 fully saturated rings. The number of carbonyl (C=O) groups excluding carboxylic acids is 1. The topological polar surface area (TPSA) is 56.1 Å². The first-order chi connectivity index (χ1) is 11.2. The van der Waals surface area contributed by atoms with Crippen LogP contribution >= 0.6 is 0 Å². The van der Waals surface area contributed by atoms with Crippen molar-refractivity contribution < 1.29 is 27.1 Å². The molecule has 130 valence electrons. The molecule has 0 bridgehead atoms. The predicted octanol–water partition coefficient (Wildman–Crippen LogP) is 3.29. The van der Waals surface area contributed by atoms with Gasteiger partial charge in [0.1, 0.15) is 18.2 Å². The first kappa shape index (κ1) is 17.8. The Morgan fingerprint density at radius 2 is 2.08 bits per heavy atom. The lowest BCUT2D eigenvalue weighted by Gasteiger charge is -2.14. The largest absolute Gasteiger partial charge is 0.465 e. The lowest BCUT2D eigenvalue weighted by molar-refractivity contribution is -0.141. The summed E-state index contributed by atoms with van der Waals surface area (Å²) in [6.45, 7) is 0.258. The van der Waals surface area contributed by atoms with E-state index >= 15 is 0 Å². The number of esters is 1. The fraction of sp³-hybridized carbons (Fsp3) is 0.333. The van der Waals surface area contributed by atoms with Crippen LogP contribution in [0, 0.1) is 12.7 Å². The van der Waals surface area contributed by atoms with Crippen LogP contribution in [0.5, 0.6) is 0 Å². The number of anilines is 1. The first-order valence-electron chi connectivity index (χ1n) is 6.90. The van der Waals surface area contributed by atoms with E-state index in [-0.39, 0.29) is 29.2 Å². The number of hydrogen-bond donors (Lipinski definition) is 1. The van der Waals surface area contributed by atoms with Gasteiger partial charge in [-0.3, -0.25) is 0 Å². The maximum Gasteiger partial charge on any atom is 0.406 e. The number of nitrogens with one attached hydrogen (secondary N) is 1. The number of halogens is 4. The van der Waals surface area contributed by atoms with E-state index in [1.165, 1.54) is 32.5 Å². The van der Waals surface area contributed by atoms with Crippen molar-refractivity contribution in [3.05, 3.63) is 47.3 Å². The molecule has 9 heteroatoms. The minimum atomic E-state index is -4.37. The Kier molecular flexibility index (Phi) is 5.10. The normalized spacial score (nSPS) is 11.4. The van der Waals surface area contributed by atoms with E-state index in [0.29, 0.717) is 0 Å². The van der Waals surface area contributed by atoms with Gasteiger partial charge >= 0.3 is 12.1 Å². The Labute approximate surface area is 135 Å². The van der Waals surface area contributed by atoms with E-state index in [1.54, 1.807) is 0 Å². The first-order valence-corrected chi connectivity index (χ1v) is 6.90. The summed E-state index contributed by atoms with van der Waals surface area (Å²) in [5.74, 6) is -1.20. The molecule has 0 aliphatic heterocycles. The molecule has 0 aliphatic rings. The van der Waals surface area contributed by atoms with Gasteiger partial charge in [-0.1, -0.05) is 0 Å². The van der Waals surface area contributed by atoms with Gasteiger partial charge in [0.2, 0.25) is 0 Å². The summed E-state index contributed by atoms with van der Waals surface area (Å²) in [5.41, 5.74) is 0.510. The number of alkyl halides is 3. The fourth-order valence-corrected chi connectivity index (χ4v) is 2.12. The summed E-state index contributed by atoms with van der Waals surface area (Å²) in [7, 11) is 1.17. The van der Waals surface area contributed by atoms with Gasteiger partial charge in [0, 0.05) is 23.6 Å². The molecule has 1 aromatic carbocycles. The van der Waals surface area contributed by atoms with Crippen LogP contribution in [0.3, 0.4) is 0 Å². The minimum absolute atomic E-state index is 0.00160. The third-order valence-corrected chi connectivity index (χ3v) is 3.35. The zero-order valence-corrected chi connectivity index (χ0v) is 12.9.